The standard InChI is InChI=1S/C10H15N3O4.C2HF3O2/c14-7-6-8(15)13-10(12-7)11-5-3-1-2-4-9(16)17;3-2(4,5)1(6)7/h1-6H2,(H,16,17)(H2,11,12,13,14,15);(H,6,7). The molecule has 0 radical (unpaired) electrons. The SMILES string of the molecule is O=C(O)C(F)(F)F.O=C(O)CCCCCN=C1NC(=O)CC(=O)N1. The predicted molar refractivity (Wildman–Crippen MR) is 73.0 cm³/mol. The molecule has 1 heterocycles. The van der Waals surface area contributed by atoms with Crippen LogP contribution in [0.5, 0.6) is 0 Å². The molecule has 1 fully saturated rings. The molecular weight excluding hydrogens is 339 g/mol. The lowest BCUT2D eigenvalue weighted by Crippen LogP contribution is -2.50. The van der Waals surface area contributed by atoms with Gasteiger partial charge in [0, 0.05) is 13.0 Å². The summed E-state index contributed by atoms with van der Waals surface area (Å²) in [5, 5.41) is 20.4. The second-order valence-corrected chi connectivity index (χ2v) is 4.51. The number of aliphatic carboxylic acids is 2. The highest BCUT2D eigenvalue weighted by Gasteiger charge is 2.38. The van der Waals surface area contributed by atoms with E-state index in [4.69, 9.17) is 15.0 Å². The molecule has 0 atom stereocenters. The highest BCUT2D eigenvalue weighted by molar-refractivity contribution is 6.15. The van der Waals surface area contributed by atoms with Crippen molar-refractivity contribution < 1.29 is 42.6 Å². The largest absolute Gasteiger partial charge is 0.490 e. The van der Waals surface area contributed by atoms with Crippen molar-refractivity contribution in [1.29, 1.82) is 0 Å². The molecule has 0 spiro atoms. The fraction of sp³-hybridized carbons (Fsp3) is 0.583. The fourth-order valence-electron chi connectivity index (χ4n) is 1.36. The van der Waals surface area contributed by atoms with E-state index in [0.717, 1.165) is 12.8 Å². The highest BCUT2D eigenvalue weighted by atomic mass is 19.4. The Morgan fingerprint density at radius 1 is 1.04 bits per heavy atom. The fourth-order valence-corrected chi connectivity index (χ4v) is 1.36. The lowest BCUT2D eigenvalue weighted by Gasteiger charge is -2.14. The van der Waals surface area contributed by atoms with E-state index < -0.39 is 18.1 Å². The van der Waals surface area contributed by atoms with Crippen molar-refractivity contribution in [3.05, 3.63) is 0 Å². The van der Waals surface area contributed by atoms with Crippen molar-refractivity contribution in [1.82, 2.24) is 10.6 Å². The summed E-state index contributed by atoms with van der Waals surface area (Å²) >= 11 is 0. The summed E-state index contributed by atoms with van der Waals surface area (Å²) in [6.07, 6.45) is -3.01. The van der Waals surface area contributed by atoms with Gasteiger partial charge in [-0.05, 0) is 12.8 Å². The third-order valence-corrected chi connectivity index (χ3v) is 2.40. The molecule has 0 saturated carbocycles. The van der Waals surface area contributed by atoms with Crippen LogP contribution in [-0.4, -0.2) is 52.6 Å². The summed E-state index contributed by atoms with van der Waals surface area (Å²) in [4.78, 5) is 45.1. The molecular formula is C12H16F3N3O6. The zero-order valence-electron chi connectivity index (χ0n) is 12.4. The van der Waals surface area contributed by atoms with E-state index in [1.165, 1.54) is 0 Å². The number of alkyl halides is 3. The maximum absolute atomic E-state index is 11.0. The molecule has 12 heteroatoms. The van der Waals surface area contributed by atoms with Crippen LogP contribution in [0.4, 0.5) is 13.2 Å². The number of carbonyl (C=O) groups excluding carboxylic acids is 2. The number of nitrogens with zero attached hydrogens (tertiary/aromatic N) is 1. The van der Waals surface area contributed by atoms with E-state index in [9.17, 15) is 27.6 Å². The topological polar surface area (TPSA) is 145 Å². The first kappa shape index (κ1) is 21.3. The van der Waals surface area contributed by atoms with Gasteiger partial charge in [0.1, 0.15) is 6.42 Å². The van der Waals surface area contributed by atoms with Gasteiger partial charge in [-0.3, -0.25) is 30.0 Å². The summed E-state index contributed by atoms with van der Waals surface area (Å²) in [6.45, 7) is 0.454. The third-order valence-electron chi connectivity index (χ3n) is 2.40. The van der Waals surface area contributed by atoms with E-state index >= 15 is 0 Å². The van der Waals surface area contributed by atoms with E-state index in [-0.39, 0.29) is 30.6 Å². The van der Waals surface area contributed by atoms with Crippen LogP contribution in [0, 0.1) is 0 Å². The maximum Gasteiger partial charge on any atom is 0.490 e. The minimum Gasteiger partial charge on any atom is -0.481 e. The molecule has 0 aliphatic carbocycles. The first-order valence-corrected chi connectivity index (χ1v) is 6.68. The molecule has 136 valence electrons. The molecule has 0 aromatic heterocycles. The molecule has 24 heavy (non-hydrogen) atoms. The number of hydrogen-bond donors (Lipinski definition) is 4. The number of halogens is 3. The first-order chi connectivity index (χ1) is 11.0. The normalized spacial score (nSPS) is 14.0. The van der Waals surface area contributed by atoms with Crippen molar-refractivity contribution in [3.63, 3.8) is 0 Å². The number of carboxylic acid groups (broad SMARTS) is 2. The molecule has 4 N–H and O–H groups in total. The number of amides is 2. The van der Waals surface area contributed by atoms with E-state index in [1.54, 1.807) is 0 Å². The smallest absolute Gasteiger partial charge is 0.481 e. The quantitative estimate of drug-likeness (QED) is 0.397. The average molecular weight is 355 g/mol. The van der Waals surface area contributed by atoms with Gasteiger partial charge < -0.3 is 10.2 Å². The second-order valence-electron chi connectivity index (χ2n) is 4.51. The van der Waals surface area contributed by atoms with E-state index in [0.29, 0.717) is 13.0 Å². The Kier molecular flexibility index (Phi) is 9.05. The number of guanidine groups is 1. The molecule has 0 unspecified atom stereocenters. The van der Waals surface area contributed by atoms with Crippen molar-refractivity contribution in [2.45, 2.75) is 38.3 Å². The summed E-state index contributed by atoms with van der Waals surface area (Å²) in [7, 11) is 0. The van der Waals surface area contributed by atoms with Gasteiger partial charge in [-0.25, -0.2) is 4.79 Å². The highest BCUT2D eigenvalue weighted by Crippen LogP contribution is 2.13. The molecule has 2 amide bonds. The Morgan fingerprint density at radius 2 is 1.54 bits per heavy atom. The third kappa shape index (κ3) is 11.0. The number of carbonyl (C=O) groups is 4. The van der Waals surface area contributed by atoms with Gasteiger partial charge in [0.05, 0.1) is 0 Å². The van der Waals surface area contributed by atoms with Gasteiger partial charge in [-0.1, -0.05) is 6.42 Å². The zero-order chi connectivity index (χ0) is 18.8. The van der Waals surface area contributed by atoms with Crippen LogP contribution in [-0.2, 0) is 19.2 Å². The molecule has 1 aliphatic rings. The average Bonchev–Trinajstić information content (AvgIpc) is 2.41. The Hall–Kier alpha value is -2.66. The predicted octanol–water partition coefficient (Wildman–Crippen LogP) is 0.257. The van der Waals surface area contributed by atoms with Crippen LogP contribution in [0.2, 0.25) is 0 Å². The molecule has 9 nitrogen and oxygen atoms in total. The van der Waals surface area contributed by atoms with Crippen LogP contribution < -0.4 is 10.6 Å². The Balaban J connectivity index is 0.000000640. The summed E-state index contributed by atoms with van der Waals surface area (Å²) in [6, 6.07) is 0. The number of aliphatic imine (C=N–C) groups is 1. The maximum atomic E-state index is 11.0. The Bertz CT molecular complexity index is 501. The number of rotatable bonds is 6. The van der Waals surface area contributed by atoms with Gasteiger partial charge in [0.2, 0.25) is 17.8 Å². The minimum absolute atomic E-state index is 0.157. The first-order valence-electron chi connectivity index (χ1n) is 6.68. The van der Waals surface area contributed by atoms with E-state index in [2.05, 4.69) is 15.6 Å². The van der Waals surface area contributed by atoms with Crippen LogP contribution >= 0.6 is 0 Å². The second kappa shape index (κ2) is 10.2. The summed E-state index contributed by atoms with van der Waals surface area (Å²) in [5.41, 5.74) is 0. The number of nitrogens with one attached hydrogen (secondary N) is 2. The molecule has 0 bridgehead atoms. The van der Waals surface area contributed by atoms with Crippen molar-refractivity contribution in [2.24, 2.45) is 4.99 Å². The minimum atomic E-state index is -5.08. The van der Waals surface area contributed by atoms with Gasteiger partial charge in [-0.2, -0.15) is 13.2 Å². The van der Waals surface area contributed by atoms with Gasteiger partial charge in [0.15, 0.2) is 0 Å². The number of unbranched alkanes of at least 4 members (excludes halogenated alkanes) is 2. The van der Waals surface area contributed by atoms with Crippen molar-refractivity contribution in [2.75, 3.05) is 6.54 Å². The van der Waals surface area contributed by atoms with Crippen molar-refractivity contribution in [3.8, 4) is 0 Å². The molecule has 0 aromatic carbocycles. The summed E-state index contributed by atoms with van der Waals surface area (Å²) in [5.74, 6) is -4.10. The molecule has 1 saturated heterocycles. The molecule has 1 rings (SSSR count). The van der Waals surface area contributed by atoms with Gasteiger partial charge >= 0.3 is 18.1 Å². The van der Waals surface area contributed by atoms with Crippen molar-refractivity contribution >= 4 is 29.7 Å². The van der Waals surface area contributed by atoms with Gasteiger partial charge in [0.25, 0.3) is 0 Å². The van der Waals surface area contributed by atoms with Crippen LogP contribution in [0.3, 0.4) is 0 Å². The molecule has 0 aromatic rings. The number of hydrogen-bond acceptors (Lipinski definition) is 5. The Morgan fingerprint density at radius 3 is 1.96 bits per heavy atom. The summed E-state index contributed by atoms with van der Waals surface area (Å²) < 4.78 is 31.7. The van der Waals surface area contributed by atoms with Crippen LogP contribution in [0.25, 0.3) is 0 Å². The van der Waals surface area contributed by atoms with E-state index in [1.807, 2.05) is 0 Å². The molecule has 1 aliphatic heterocycles. The lowest BCUT2D eigenvalue weighted by molar-refractivity contribution is -0.192. The Labute approximate surface area is 133 Å². The monoisotopic (exact) mass is 355 g/mol. The number of carboxylic acids is 2. The zero-order valence-corrected chi connectivity index (χ0v) is 12.4. The van der Waals surface area contributed by atoms with Gasteiger partial charge in [-0.15, -0.1) is 0 Å². The van der Waals surface area contributed by atoms with Crippen LogP contribution in [0.15, 0.2) is 4.99 Å². The van der Waals surface area contributed by atoms with Crippen LogP contribution in [0.1, 0.15) is 32.1 Å². The lowest BCUT2D eigenvalue weighted by atomic mass is 10.2.